The summed E-state index contributed by atoms with van der Waals surface area (Å²) < 4.78 is 54.6. The van der Waals surface area contributed by atoms with E-state index in [9.17, 15) is 23.4 Å². The summed E-state index contributed by atoms with van der Waals surface area (Å²) in [7, 11) is 0. The normalized spacial score (nSPS) is 34.1. The van der Waals surface area contributed by atoms with Gasteiger partial charge in [-0.3, -0.25) is 4.90 Å². The Morgan fingerprint density at radius 3 is 2.58 bits per heavy atom. The Balaban J connectivity index is 1.03. The highest BCUT2D eigenvalue weighted by atomic mass is 32.2. The summed E-state index contributed by atoms with van der Waals surface area (Å²) >= 11 is 1.64. The van der Waals surface area contributed by atoms with Gasteiger partial charge in [0.2, 0.25) is 0 Å². The van der Waals surface area contributed by atoms with Gasteiger partial charge in [0, 0.05) is 22.6 Å². The van der Waals surface area contributed by atoms with Gasteiger partial charge in [0.25, 0.3) is 0 Å². The molecule has 1 heterocycles. The fourth-order valence-electron chi connectivity index (χ4n) is 9.24. The van der Waals surface area contributed by atoms with Crippen LogP contribution in [0.25, 0.3) is 0 Å². The van der Waals surface area contributed by atoms with Crippen molar-refractivity contribution in [3.63, 3.8) is 0 Å². The quantitative estimate of drug-likeness (QED) is 0.168. The molecule has 3 aliphatic carbocycles. The molecule has 2 saturated carbocycles. The molecule has 2 aromatic carbocycles. The number of nitrogens with zero attached hydrogens (tertiary/aromatic N) is 1. The first kappa shape index (κ1) is 31.2. The molecule has 1 saturated heterocycles. The van der Waals surface area contributed by atoms with E-state index in [1.165, 1.54) is 12.1 Å². The Labute approximate surface area is 257 Å². The van der Waals surface area contributed by atoms with Crippen molar-refractivity contribution >= 4 is 11.8 Å². The average molecular weight is 620 g/mol. The van der Waals surface area contributed by atoms with Gasteiger partial charge < -0.3 is 10.2 Å². The molecule has 0 radical (unpaired) electrons. The fourth-order valence-corrected chi connectivity index (χ4v) is 10.3. The molecule has 2 N–H and O–H groups in total. The van der Waals surface area contributed by atoms with Crippen LogP contribution < -0.4 is 0 Å². The maximum absolute atomic E-state index is 16.0. The first-order chi connectivity index (χ1) is 20.5. The van der Waals surface area contributed by atoms with Crippen LogP contribution in [0.1, 0.15) is 87.3 Å². The maximum Gasteiger partial charge on any atom is 0.416 e. The predicted octanol–water partition coefficient (Wildman–Crippen LogP) is 8.62. The van der Waals surface area contributed by atoms with Crippen molar-refractivity contribution in [1.29, 1.82) is 0 Å². The number of hydrogen-bond acceptors (Lipinski definition) is 4. The Kier molecular flexibility index (Phi) is 9.11. The van der Waals surface area contributed by atoms with Gasteiger partial charge >= 0.3 is 6.18 Å². The van der Waals surface area contributed by atoms with Crippen molar-refractivity contribution < 1.29 is 27.8 Å². The third-order valence-corrected chi connectivity index (χ3v) is 12.6. The first-order valence-electron chi connectivity index (χ1n) is 16.2. The summed E-state index contributed by atoms with van der Waals surface area (Å²) in [5.74, 6) is 1.91. The van der Waals surface area contributed by atoms with E-state index in [0.717, 1.165) is 92.7 Å². The van der Waals surface area contributed by atoms with E-state index in [4.69, 9.17) is 0 Å². The molecule has 0 bridgehead atoms. The molecule has 4 aliphatic rings. The van der Waals surface area contributed by atoms with Crippen molar-refractivity contribution in [3.05, 3.63) is 59.2 Å². The smallest absolute Gasteiger partial charge is 0.416 e. The molecular weight excluding hydrogens is 574 g/mol. The lowest BCUT2D eigenvalue weighted by molar-refractivity contribution is -0.137. The molecule has 0 unspecified atom stereocenters. The zero-order chi connectivity index (χ0) is 30.4. The second kappa shape index (κ2) is 12.6. The lowest BCUT2D eigenvalue weighted by atomic mass is 9.51. The van der Waals surface area contributed by atoms with E-state index >= 15 is 4.39 Å². The minimum absolute atomic E-state index is 0.148. The molecule has 8 heteroatoms. The lowest BCUT2D eigenvalue weighted by Crippen LogP contribution is -2.51. The minimum Gasteiger partial charge on any atom is -0.508 e. The fraction of sp³-hybridized carbons (Fsp3) is 0.657. The number of benzene rings is 2. The monoisotopic (exact) mass is 619 g/mol. The van der Waals surface area contributed by atoms with Crippen LogP contribution in [0.4, 0.5) is 17.6 Å². The molecule has 8 atom stereocenters. The second-order valence-corrected chi connectivity index (χ2v) is 15.0. The summed E-state index contributed by atoms with van der Waals surface area (Å²) in [6.07, 6.45) is 3.94. The summed E-state index contributed by atoms with van der Waals surface area (Å²) in [5, 5.41) is 21.1. The molecule has 1 aliphatic heterocycles. The number of halogens is 4. The first-order valence-corrected chi connectivity index (χ1v) is 17.2. The van der Waals surface area contributed by atoms with Crippen LogP contribution in [0.5, 0.6) is 5.75 Å². The molecule has 6 rings (SSSR count). The van der Waals surface area contributed by atoms with E-state index in [1.54, 1.807) is 30.0 Å². The van der Waals surface area contributed by atoms with E-state index in [0.29, 0.717) is 24.3 Å². The van der Waals surface area contributed by atoms with Gasteiger partial charge in [-0.1, -0.05) is 25.8 Å². The van der Waals surface area contributed by atoms with Gasteiger partial charge in [-0.2, -0.15) is 13.2 Å². The number of aliphatic hydroxyl groups is 1. The summed E-state index contributed by atoms with van der Waals surface area (Å²) in [5.41, 5.74) is 1.22. The number of unbranched alkanes of at least 4 members (excludes halogenated alkanes) is 2. The molecule has 2 aromatic rings. The van der Waals surface area contributed by atoms with Crippen LogP contribution in [0, 0.1) is 23.2 Å². The van der Waals surface area contributed by atoms with Crippen molar-refractivity contribution in [2.45, 2.75) is 106 Å². The lowest BCUT2D eigenvalue weighted by Gasteiger charge is -2.54. The Morgan fingerprint density at radius 2 is 1.81 bits per heavy atom. The molecular formula is C35H45F4NO2S. The third-order valence-electron chi connectivity index (χ3n) is 11.4. The van der Waals surface area contributed by atoms with Crippen LogP contribution in [0.3, 0.4) is 0 Å². The standard InChI is InChI=1S/C35H45F4NO2S/c1-34-20-30(36)33-28-13-10-26(41)19-23(28)18-22(32(33)29(34)14-15-31(34)42)6-3-2-4-16-40-17-5-7-25(40)21-43-27-11-8-24(9-12-27)35(37,38)39/h8-13,19,22,25,29-33,41-42H,2-7,14-18,20-21H2,1H3/t22-,25+,29+,30+,31+,32+,33+,34+/m1/s1. The summed E-state index contributed by atoms with van der Waals surface area (Å²) in [6.45, 7) is 4.22. The topological polar surface area (TPSA) is 43.7 Å². The zero-order valence-electron chi connectivity index (χ0n) is 25.0. The Morgan fingerprint density at radius 1 is 1.02 bits per heavy atom. The second-order valence-electron chi connectivity index (χ2n) is 13.9. The van der Waals surface area contributed by atoms with Gasteiger partial charge in [-0.25, -0.2) is 4.39 Å². The molecule has 3 nitrogen and oxygen atoms in total. The van der Waals surface area contributed by atoms with Gasteiger partial charge in [0.15, 0.2) is 0 Å². The number of aliphatic hydroxyl groups excluding tert-OH is 1. The number of rotatable bonds is 9. The molecule has 236 valence electrons. The minimum atomic E-state index is -4.30. The number of phenolic OH excluding ortho intramolecular Hbond substituents is 1. The van der Waals surface area contributed by atoms with Crippen molar-refractivity contribution in [1.82, 2.24) is 4.90 Å². The van der Waals surface area contributed by atoms with Gasteiger partial charge in [0.1, 0.15) is 11.9 Å². The number of thioether (sulfide) groups is 1. The van der Waals surface area contributed by atoms with Crippen LogP contribution in [-0.4, -0.2) is 52.3 Å². The van der Waals surface area contributed by atoms with E-state index in [1.807, 2.05) is 12.1 Å². The molecule has 0 spiro atoms. The number of alkyl halides is 4. The number of hydrogen-bond donors (Lipinski definition) is 2. The highest BCUT2D eigenvalue weighted by Crippen LogP contribution is 2.63. The third kappa shape index (κ3) is 6.35. The summed E-state index contributed by atoms with van der Waals surface area (Å²) in [4.78, 5) is 3.43. The van der Waals surface area contributed by atoms with Crippen LogP contribution >= 0.6 is 11.8 Å². The highest BCUT2D eigenvalue weighted by Gasteiger charge is 2.59. The molecule has 0 aromatic heterocycles. The van der Waals surface area contributed by atoms with Crippen LogP contribution in [0.2, 0.25) is 0 Å². The van der Waals surface area contributed by atoms with Crippen molar-refractivity contribution in [2.24, 2.45) is 23.2 Å². The maximum atomic E-state index is 16.0. The predicted molar refractivity (Wildman–Crippen MR) is 163 cm³/mol. The average Bonchev–Trinajstić information content (AvgIpc) is 3.53. The van der Waals surface area contributed by atoms with Gasteiger partial charge in [-0.05, 0) is 135 Å². The molecule has 0 amide bonds. The van der Waals surface area contributed by atoms with Gasteiger partial charge in [-0.15, -0.1) is 11.8 Å². The largest absolute Gasteiger partial charge is 0.508 e. The zero-order valence-corrected chi connectivity index (χ0v) is 25.9. The van der Waals surface area contributed by atoms with E-state index in [-0.39, 0.29) is 23.0 Å². The van der Waals surface area contributed by atoms with Crippen LogP contribution in [0.15, 0.2) is 47.4 Å². The Bertz CT molecular complexity index is 1260. The van der Waals surface area contributed by atoms with E-state index in [2.05, 4.69) is 11.8 Å². The summed E-state index contributed by atoms with van der Waals surface area (Å²) in [6, 6.07) is 11.4. The number of fused-ring (bicyclic) bond motifs is 5. The van der Waals surface area contributed by atoms with Crippen molar-refractivity contribution in [3.8, 4) is 5.75 Å². The van der Waals surface area contributed by atoms with Gasteiger partial charge in [0.05, 0.1) is 11.7 Å². The SMILES string of the molecule is C[C@]12C[C@H](F)[C@@H]3c4ccc(O)cc4C[C@@H](CCCCCN4CCC[C@H]4CSc4ccc(C(F)(F)F)cc4)[C@H]3[C@@H]1CC[C@@H]2O. The number of aromatic hydroxyl groups is 1. The van der Waals surface area contributed by atoms with Crippen molar-refractivity contribution in [2.75, 3.05) is 18.8 Å². The molecule has 43 heavy (non-hydrogen) atoms. The Hall–Kier alpha value is -1.77. The van der Waals surface area contributed by atoms with E-state index < -0.39 is 24.0 Å². The number of likely N-dealkylation sites (tertiary alicyclic amines) is 1. The van der Waals surface area contributed by atoms with Crippen LogP contribution in [-0.2, 0) is 12.6 Å². The number of phenols is 1. The highest BCUT2D eigenvalue weighted by molar-refractivity contribution is 7.99. The molecule has 3 fully saturated rings.